The van der Waals surface area contributed by atoms with Crippen molar-refractivity contribution in [3.05, 3.63) is 59.4 Å². The predicted octanol–water partition coefficient (Wildman–Crippen LogP) is 3.20. The van der Waals surface area contributed by atoms with E-state index in [2.05, 4.69) is 10.6 Å². The number of halogens is 3. The summed E-state index contributed by atoms with van der Waals surface area (Å²) in [6.45, 7) is 2.65. The van der Waals surface area contributed by atoms with Crippen LogP contribution in [0.1, 0.15) is 24.2 Å². The van der Waals surface area contributed by atoms with E-state index in [1.54, 1.807) is 25.1 Å². The van der Waals surface area contributed by atoms with E-state index in [-0.39, 0.29) is 12.3 Å². The first kappa shape index (κ1) is 22.1. The number of ketones is 1. The van der Waals surface area contributed by atoms with E-state index in [9.17, 15) is 27.6 Å². The van der Waals surface area contributed by atoms with Crippen molar-refractivity contribution in [1.82, 2.24) is 4.90 Å². The SMILES string of the molecule is CC(=O)c1cccc(NC(=O)[C@@H](C)N(C)CC(=O)Nc2ccc(F)c(F)c2F)c1. The van der Waals surface area contributed by atoms with Gasteiger partial charge in [-0.2, -0.15) is 0 Å². The molecule has 2 amide bonds. The lowest BCUT2D eigenvalue weighted by Gasteiger charge is -2.23. The molecule has 0 radical (unpaired) electrons. The molecule has 2 rings (SSSR count). The molecule has 154 valence electrons. The van der Waals surface area contributed by atoms with Gasteiger partial charge in [0.2, 0.25) is 11.8 Å². The summed E-state index contributed by atoms with van der Waals surface area (Å²) < 4.78 is 39.8. The van der Waals surface area contributed by atoms with Crippen molar-refractivity contribution in [2.24, 2.45) is 0 Å². The van der Waals surface area contributed by atoms with Gasteiger partial charge in [0.1, 0.15) is 0 Å². The Bertz CT molecular complexity index is 950. The highest BCUT2D eigenvalue weighted by atomic mass is 19.2. The molecule has 0 heterocycles. The number of rotatable bonds is 7. The van der Waals surface area contributed by atoms with Crippen molar-refractivity contribution >= 4 is 29.0 Å². The van der Waals surface area contributed by atoms with E-state index in [4.69, 9.17) is 0 Å². The van der Waals surface area contributed by atoms with Gasteiger partial charge in [-0.15, -0.1) is 0 Å². The van der Waals surface area contributed by atoms with Gasteiger partial charge in [-0.3, -0.25) is 19.3 Å². The Morgan fingerprint density at radius 3 is 2.38 bits per heavy atom. The van der Waals surface area contributed by atoms with E-state index in [0.717, 1.165) is 6.07 Å². The number of hydrogen-bond donors (Lipinski definition) is 2. The van der Waals surface area contributed by atoms with Crippen LogP contribution >= 0.6 is 0 Å². The molecule has 0 bridgehead atoms. The van der Waals surface area contributed by atoms with Crippen LogP contribution < -0.4 is 10.6 Å². The number of Topliss-reactive ketones (excluding diaryl/α,β-unsaturated/α-hetero) is 1. The lowest BCUT2D eigenvalue weighted by atomic mass is 10.1. The summed E-state index contributed by atoms with van der Waals surface area (Å²) in [4.78, 5) is 37.3. The summed E-state index contributed by atoms with van der Waals surface area (Å²) in [6, 6.07) is 7.25. The Kier molecular flexibility index (Phi) is 7.11. The standard InChI is InChI=1S/C20H20F3N3O3/c1-11(20(29)24-14-6-4-5-13(9-14)12(2)27)26(3)10-17(28)25-16-8-7-15(21)18(22)19(16)23/h4-9,11H,10H2,1-3H3,(H,24,29)(H,25,28)/t11-/m1/s1. The lowest BCUT2D eigenvalue weighted by Crippen LogP contribution is -2.43. The third kappa shape index (κ3) is 5.64. The van der Waals surface area contributed by atoms with Gasteiger partial charge in [0.15, 0.2) is 23.2 Å². The fourth-order valence-corrected chi connectivity index (χ4v) is 2.44. The summed E-state index contributed by atoms with van der Waals surface area (Å²) in [7, 11) is 1.50. The number of benzene rings is 2. The Morgan fingerprint density at radius 2 is 1.72 bits per heavy atom. The third-order valence-electron chi connectivity index (χ3n) is 4.28. The zero-order chi connectivity index (χ0) is 21.7. The van der Waals surface area contributed by atoms with E-state index in [1.165, 1.54) is 24.9 Å². The maximum Gasteiger partial charge on any atom is 0.241 e. The average Bonchev–Trinajstić information content (AvgIpc) is 2.67. The molecule has 9 heteroatoms. The number of carbonyl (C=O) groups is 3. The van der Waals surface area contributed by atoms with Crippen LogP contribution in [0.15, 0.2) is 36.4 Å². The van der Waals surface area contributed by atoms with Crippen LogP contribution in [0, 0.1) is 17.5 Å². The minimum atomic E-state index is -1.68. The molecule has 0 saturated carbocycles. The van der Waals surface area contributed by atoms with Gasteiger partial charge in [0.25, 0.3) is 0 Å². The smallest absolute Gasteiger partial charge is 0.241 e. The Labute approximate surface area is 165 Å². The van der Waals surface area contributed by atoms with Crippen molar-refractivity contribution < 1.29 is 27.6 Å². The molecule has 0 aliphatic carbocycles. The van der Waals surface area contributed by atoms with Gasteiger partial charge in [-0.05, 0) is 45.2 Å². The maximum absolute atomic E-state index is 13.6. The summed E-state index contributed by atoms with van der Waals surface area (Å²) in [5.74, 6) is -5.84. The number of likely N-dealkylation sites (N-methyl/N-ethyl adjacent to an activating group) is 1. The molecular weight excluding hydrogens is 387 g/mol. The Hall–Kier alpha value is -3.20. The average molecular weight is 407 g/mol. The molecule has 1 atom stereocenters. The normalized spacial score (nSPS) is 11.8. The van der Waals surface area contributed by atoms with Crippen LogP contribution in [0.2, 0.25) is 0 Å². The highest BCUT2D eigenvalue weighted by Crippen LogP contribution is 2.19. The molecule has 2 aromatic rings. The topological polar surface area (TPSA) is 78.5 Å². The first-order chi connectivity index (χ1) is 13.6. The molecule has 0 saturated heterocycles. The van der Waals surface area contributed by atoms with Gasteiger partial charge >= 0.3 is 0 Å². The van der Waals surface area contributed by atoms with Crippen LogP contribution in [0.25, 0.3) is 0 Å². The van der Waals surface area contributed by atoms with Crippen molar-refractivity contribution in [1.29, 1.82) is 0 Å². The summed E-state index contributed by atoms with van der Waals surface area (Å²) in [5.41, 5.74) is 0.369. The van der Waals surface area contributed by atoms with Crippen LogP contribution in [0.3, 0.4) is 0 Å². The molecule has 0 aromatic heterocycles. The molecule has 0 fully saturated rings. The largest absolute Gasteiger partial charge is 0.325 e. The van der Waals surface area contributed by atoms with Crippen molar-refractivity contribution in [3.8, 4) is 0 Å². The molecule has 2 N–H and O–H groups in total. The van der Waals surface area contributed by atoms with Gasteiger partial charge in [-0.1, -0.05) is 12.1 Å². The van der Waals surface area contributed by atoms with Crippen molar-refractivity contribution in [2.75, 3.05) is 24.2 Å². The Balaban J connectivity index is 1.97. The zero-order valence-electron chi connectivity index (χ0n) is 16.1. The second kappa shape index (κ2) is 9.33. The number of anilines is 2. The molecule has 0 spiro atoms. The van der Waals surface area contributed by atoms with Crippen LogP contribution in [0.5, 0.6) is 0 Å². The Morgan fingerprint density at radius 1 is 1.03 bits per heavy atom. The first-order valence-corrected chi connectivity index (χ1v) is 8.65. The quantitative estimate of drug-likeness (QED) is 0.546. The highest BCUT2D eigenvalue weighted by Gasteiger charge is 2.22. The lowest BCUT2D eigenvalue weighted by molar-refractivity contribution is -0.122. The van der Waals surface area contributed by atoms with Crippen molar-refractivity contribution in [2.45, 2.75) is 19.9 Å². The summed E-state index contributed by atoms with van der Waals surface area (Å²) in [5, 5.41) is 4.79. The minimum Gasteiger partial charge on any atom is -0.325 e. The van der Waals surface area contributed by atoms with Gasteiger partial charge < -0.3 is 10.6 Å². The third-order valence-corrected chi connectivity index (χ3v) is 4.28. The molecule has 0 unspecified atom stereocenters. The van der Waals surface area contributed by atoms with E-state index < -0.39 is 41.0 Å². The number of amides is 2. The number of nitrogens with one attached hydrogen (secondary N) is 2. The van der Waals surface area contributed by atoms with Gasteiger partial charge in [0, 0.05) is 11.3 Å². The minimum absolute atomic E-state index is 0.146. The van der Waals surface area contributed by atoms with E-state index >= 15 is 0 Å². The van der Waals surface area contributed by atoms with Crippen LogP contribution in [-0.4, -0.2) is 42.1 Å². The molecule has 2 aromatic carbocycles. The first-order valence-electron chi connectivity index (χ1n) is 8.65. The summed E-state index contributed by atoms with van der Waals surface area (Å²) >= 11 is 0. The zero-order valence-corrected chi connectivity index (χ0v) is 16.1. The monoisotopic (exact) mass is 407 g/mol. The van der Waals surface area contributed by atoms with Crippen LogP contribution in [0.4, 0.5) is 24.5 Å². The second-order valence-corrected chi connectivity index (χ2v) is 6.49. The van der Waals surface area contributed by atoms with Crippen LogP contribution in [-0.2, 0) is 9.59 Å². The fourth-order valence-electron chi connectivity index (χ4n) is 2.44. The summed E-state index contributed by atoms with van der Waals surface area (Å²) in [6.07, 6.45) is 0. The number of nitrogens with zero attached hydrogens (tertiary/aromatic N) is 1. The van der Waals surface area contributed by atoms with Gasteiger partial charge in [0.05, 0.1) is 18.3 Å². The van der Waals surface area contributed by atoms with Crippen molar-refractivity contribution in [3.63, 3.8) is 0 Å². The molecule has 6 nitrogen and oxygen atoms in total. The highest BCUT2D eigenvalue weighted by molar-refractivity contribution is 5.99. The molecule has 29 heavy (non-hydrogen) atoms. The van der Waals surface area contributed by atoms with Gasteiger partial charge in [-0.25, -0.2) is 13.2 Å². The number of carbonyl (C=O) groups excluding carboxylic acids is 3. The van der Waals surface area contributed by atoms with E-state index in [1.807, 2.05) is 0 Å². The number of hydrogen-bond acceptors (Lipinski definition) is 4. The molecular formula is C20H20F3N3O3. The van der Waals surface area contributed by atoms with E-state index in [0.29, 0.717) is 17.3 Å². The molecule has 0 aliphatic rings. The maximum atomic E-state index is 13.6. The second-order valence-electron chi connectivity index (χ2n) is 6.49. The predicted molar refractivity (Wildman–Crippen MR) is 102 cm³/mol. The molecule has 0 aliphatic heterocycles. The fraction of sp³-hybridized carbons (Fsp3) is 0.250.